The predicted octanol–water partition coefficient (Wildman–Crippen LogP) is 7.00. The van der Waals surface area contributed by atoms with Crippen LogP contribution in [0.15, 0.2) is 42.5 Å². The van der Waals surface area contributed by atoms with Crippen LogP contribution in [-0.4, -0.2) is 45.2 Å². The third-order valence-electron chi connectivity index (χ3n) is 6.59. The molecule has 1 N–H and O–H groups in total. The number of alkyl halides is 3. The quantitative estimate of drug-likeness (QED) is 0.216. The Morgan fingerprint density at radius 2 is 1.86 bits per heavy atom. The molecular weight excluding hydrogens is 593 g/mol. The zero-order valence-corrected chi connectivity index (χ0v) is 23.9. The summed E-state index contributed by atoms with van der Waals surface area (Å²) in [5, 5.41) is 3.38. The highest BCUT2D eigenvalue weighted by molar-refractivity contribution is 14.1. The van der Waals surface area contributed by atoms with Gasteiger partial charge in [0, 0.05) is 31.9 Å². The molecule has 0 saturated heterocycles. The highest BCUT2D eigenvalue weighted by Gasteiger charge is 2.34. The van der Waals surface area contributed by atoms with Crippen molar-refractivity contribution in [1.29, 1.82) is 0 Å². The van der Waals surface area contributed by atoms with E-state index in [4.69, 9.17) is 9.72 Å². The van der Waals surface area contributed by atoms with Crippen LogP contribution in [0.4, 0.5) is 20.4 Å². The Bertz CT molecular complexity index is 1260. The van der Waals surface area contributed by atoms with Gasteiger partial charge in [-0.2, -0.15) is 8.78 Å². The molecule has 1 fully saturated rings. The van der Waals surface area contributed by atoms with Gasteiger partial charge in [0.15, 0.2) is 6.61 Å². The SMILES string of the molecule is C[C@H]1C[C@@H](n2c(Nc3ccc(OC(F)(F)I)cc3)nc3cc(OCC(=O)N(C)C)ccc32)CC(C)(C)C1. The summed E-state index contributed by atoms with van der Waals surface area (Å²) in [7, 11) is 3.38. The Morgan fingerprint density at radius 1 is 1.19 bits per heavy atom. The summed E-state index contributed by atoms with van der Waals surface area (Å²) < 4.78 is 35.7. The minimum absolute atomic E-state index is 0.0522. The molecule has 10 heteroatoms. The number of carbonyl (C=O) groups excluding carboxylic acids is 1. The Kier molecular flexibility index (Phi) is 7.87. The van der Waals surface area contributed by atoms with E-state index in [2.05, 4.69) is 35.4 Å². The van der Waals surface area contributed by atoms with Gasteiger partial charge in [-0.1, -0.05) is 20.8 Å². The van der Waals surface area contributed by atoms with Crippen LogP contribution < -0.4 is 14.8 Å². The lowest BCUT2D eigenvalue weighted by atomic mass is 9.70. The van der Waals surface area contributed by atoms with Crippen molar-refractivity contribution in [3.8, 4) is 11.5 Å². The van der Waals surface area contributed by atoms with E-state index in [1.165, 1.54) is 23.5 Å². The van der Waals surface area contributed by atoms with Crippen LogP contribution in [0.1, 0.15) is 46.1 Å². The maximum atomic E-state index is 13.2. The number of fused-ring (bicyclic) bond motifs is 1. The fraction of sp³-hybridized carbons (Fsp3) is 0.481. The first kappa shape index (κ1) is 27.4. The van der Waals surface area contributed by atoms with Crippen molar-refractivity contribution in [2.45, 2.75) is 50.2 Å². The van der Waals surface area contributed by atoms with Gasteiger partial charge >= 0.3 is 4.12 Å². The summed E-state index contributed by atoms with van der Waals surface area (Å²) in [6.45, 7) is 6.84. The number of halogens is 3. The second kappa shape index (κ2) is 10.6. The first-order valence-electron chi connectivity index (χ1n) is 12.3. The Morgan fingerprint density at radius 3 is 2.49 bits per heavy atom. The number of benzene rings is 2. The van der Waals surface area contributed by atoms with Gasteiger partial charge in [0.25, 0.3) is 5.91 Å². The van der Waals surface area contributed by atoms with Crippen molar-refractivity contribution < 1.29 is 23.0 Å². The summed E-state index contributed by atoms with van der Waals surface area (Å²) in [4.78, 5) is 18.3. The van der Waals surface area contributed by atoms with E-state index < -0.39 is 4.12 Å². The Balaban J connectivity index is 1.68. The number of aromatic nitrogens is 2. The number of anilines is 2. The normalized spacial score (nSPS) is 19.5. The molecule has 1 aliphatic carbocycles. The molecule has 200 valence electrons. The van der Waals surface area contributed by atoms with E-state index in [-0.39, 0.29) is 29.7 Å². The summed E-state index contributed by atoms with van der Waals surface area (Å²) in [6.07, 6.45) is 3.20. The number of imidazole rings is 1. The zero-order valence-electron chi connectivity index (χ0n) is 21.7. The first-order chi connectivity index (χ1) is 17.3. The van der Waals surface area contributed by atoms with Crippen molar-refractivity contribution >= 4 is 51.2 Å². The second-order valence-corrected chi connectivity index (χ2v) is 12.1. The minimum Gasteiger partial charge on any atom is -0.484 e. The standard InChI is InChI=1S/C27H33F2IN4O3/c1-17-12-19(15-26(2,3)14-17)34-23-11-10-21(36-16-24(35)33(4)5)13-22(23)32-25(34)31-18-6-8-20(9-7-18)37-27(28,29)30/h6-11,13,17,19H,12,14-16H2,1-5H3,(H,31,32)/t17-,19+/m0/s1. The molecule has 1 amide bonds. The minimum atomic E-state index is -3.28. The summed E-state index contributed by atoms with van der Waals surface area (Å²) in [5.74, 6) is 1.75. The summed E-state index contributed by atoms with van der Waals surface area (Å²) >= 11 is 0.948. The predicted molar refractivity (Wildman–Crippen MR) is 149 cm³/mol. The van der Waals surface area contributed by atoms with Gasteiger partial charge in [0.1, 0.15) is 11.5 Å². The Labute approximate surface area is 229 Å². The molecule has 2 atom stereocenters. The van der Waals surface area contributed by atoms with E-state index in [1.807, 2.05) is 18.2 Å². The van der Waals surface area contributed by atoms with Crippen LogP contribution in [0, 0.1) is 11.3 Å². The molecule has 0 radical (unpaired) electrons. The van der Waals surface area contributed by atoms with Gasteiger partial charge in [-0.15, -0.1) is 0 Å². The fourth-order valence-electron chi connectivity index (χ4n) is 5.26. The molecule has 7 nitrogen and oxygen atoms in total. The van der Waals surface area contributed by atoms with E-state index in [1.54, 1.807) is 26.2 Å². The molecule has 0 bridgehead atoms. The van der Waals surface area contributed by atoms with Crippen molar-refractivity contribution in [2.75, 3.05) is 26.0 Å². The molecule has 2 aromatic carbocycles. The van der Waals surface area contributed by atoms with Crippen LogP contribution in [0.25, 0.3) is 11.0 Å². The number of rotatable bonds is 8. The highest BCUT2D eigenvalue weighted by atomic mass is 127. The first-order valence-corrected chi connectivity index (χ1v) is 13.4. The molecule has 0 spiro atoms. The molecule has 0 aliphatic heterocycles. The van der Waals surface area contributed by atoms with E-state index >= 15 is 0 Å². The van der Waals surface area contributed by atoms with Gasteiger partial charge in [-0.3, -0.25) is 4.79 Å². The van der Waals surface area contributed by atoms with E-state index in [0.717, 1.165) is 46.5 Å². The molecule has 1 aliphatic rings. The maximum absolute atomic E-state index is 13.2. The van der Waals surface area contributed by atoms with Gasteiger partial charge < -0.3 is 24.3 Å². The Hall–Kier alpha value is -2.63. The van der Waals surface area contributed by atoms with E-state index in [0.29, 0.717) is 23.3 Å². The van der Waals surface area contributed by atoms with Crippen LogP contribution >= 0.6 is 22.6 Å². The molecule has 4 rings (SSSR count). The number of likely N-dealkylation sites (N-methyl/N-ethyl adjacent to an activating group) is 1. The second-order valence-electron chi connectivity index (χ2n) is 10.8. The smallest absolute Gasteiger partial charge is 0.451 e. The van der Waals surface area contributed by atoms with Gasteiger partial charge in [0.05, 0.1) is 33.6 Å². The zero-order chi connectivity index (χ0) is 27.0. The molecule has 3 aromatic rings. The number of hydrogen-bond acceptors (Lipinski definition) is 5. The average molecular weight is 626 g/mol. The lowest BCUT2D eigenvalue weighted by Gasteiger charge is -2.40. The number of amides is 1. The number of nitrogens with zero attached hydrogens (tertiary/aromatic N) is 3. The molecular formula is C27H33F2IN4O3. The topological polar surface area (TPSA) is 68.6 Å². The largest absolute Gasteiger partial charge is 0.484 e. The van der Waals surface area contributed by atoms with Crippen molar-refractivity contribution in [1.82, 2.24) is 14.5 Å². The van der Waals surface area contributed by atoms with Crippen molar-refractivity contribution in [3.05, 3.63) is 42.5 Å². The van der Waals surface area contributed by atoms with Crippen molar-refractivity contribution in [2.24, 2.45) is 11.3 Å². The molecule has 1 saturated carbocycles. The lowest BCUT2D eigenvalue weighted by molar-refractivity contribution is -0.130. The van der Waals surface area contributed by atoms with Gasteiger partial charge in [-0.25, -0.2) is 4.98 Å². The molecule has 1 heterocycles. The van der Waals surface area contributed by atoms with Crippen LogP contribution in [-0.2, 0) is 4.79 Å². The maximum Gasteiger partial charge on any atom is 0.451 e. The fourth-order valence-corrected chi connectivity index (χ4v) is 5.52. The summed E-state index contributed by atoms with van der Waals surface area (Å²) in [5.41, 5.74) is 2.61. The third-order valence-corrected chi connectivity index (χ3v) is 6.82. The van der Waals surface area contributed by atoms with Gasteiger partial charge in [0.2, 0.25) is 5.95 Å². The highest BCUT2D eigenvalue weighted by Crippen LogP contribution is 2.46. The number of ether oxygens (including phenoxy) is 2. The molecule has 37 heavy (non-hydrogen) atoms. The van der Waals surface area contributed by atoms with Crippen LogP contribution in [0.5, 0.6) is 11.5 Å². The number of carbonyl (C=O) groups is 1. The van der Waals surface area contributed by atoms with Crippen LogP contribution in [0.3, 0.4) is 0 Å². The van der Waals surface area contributed by atoms with Crippen molar-refractivity contribution in [3.63, 3.8) is 0 Å². The van der Waals surface area contributed by atoms with E-state index in [9.17, 15) is 13.6 Å². The monoisotopic (exact) mass is 626 g/mol. The van der Waals surface area contributed by atoms with Crippen LogP contribution in [0.2, 0.25) is 0 Å². The van der Waals surface area contributed by atoms with Gasteiger partial charge in [-0.05, 0) is 67.0 Å². The molecule has 0 unspecified atom stereocenters. The molecule has 1 aromatic heterocycles. The average Bonchev–Trinajstić information content (AvgIpc) is 3.13. The number of nitrogens with one attached hydrogen (secondary N) is 1. The third kappa shape index (κ3) is 7.03. The number of hydrogen-bond donors (Lipinski definition) is 1. The lowest BCUT2D eigenvalue weighted by Crippen LogP contribution is -2.29. The summed E-state index contributed by atoms with van der Waals surface area (Å²) in [6, 6.07) is 12.3.